The average molecular weight is 404 g/mol. The molecule has 1 saturated heterocycles. The van der Waals surface area contributed by atoms with Gasteiger partial charge in [-0.25, -0.2) is 4.79 Å². The lowest BCUT2D eigenvalue weighted by atomic mass is 9.87. The second-order valence-corrected chi connectivity index (χ2v) is 7.62. The third kappa shape index (κ3) is 4.23. The van der Waals surface area contributed by atoms with Crippen LogP contribution in [-0.4, -0.2) is 53.4 Å². The molecule has 3 atom stereocenters. The van der Waals surface area contributed by atoms with Crippen LogP contribution in [-0.2, 0) is 15.1 Å². The molecular weight excluding hydrogens is 370 g/mol. The number of imide groups is 1. The summed E-state index contributed by atoms with van der Waals surface area (Å²) in [5, 5.41) is 2.83. The first-order valence-corrected chi connectivity index (χ1v) is 10.3. The van der Waals surface area contributed by atoms with Crippen LogP contribution in [0.5, 0.6) is 5.75 Å². The van der Waals surface area contributed by atoms with Crippen molar-refractivity contribution in [2.75, 3.05) is 13.7 Å². The van der Waals surface area contributed by atoms with E-state index in [9.17, 15) is 14.4 Å². The quantitative estimate of drug-likeness (QED) is 0.642. The van der Waals surface area contributed by atoms with Gasteiger partial charge in [-0.2, -0.15) is 0 Å². The fourth-order valence-corrected chi connectivity index (χ4v) is 3.82. The number of urea groups is 1. The Bertz CT molecular complexity index is 739. The minimum absolute atomic E-state index is 0.0377. The summed E-state index contributed by atoms with van der Waals surface area (Å²) < 4.78 is 5.18. The molecule has 0 aromatic heterocycles. The van der Waals surface area contributed by atoms with E-state index in [0.717, 1.165) is 17.7 Å². The molecule has 1 fully saturated rings. The van der Waals surface area contributed by atoms with Gasteiger partial charge in [0, 0.05) is 12.1 Å². The number of carbonyl (C=O) groups is 3. The van der Waals surface area contributed by atoms with Gasteiger partial charge in [0.1, 0.15) is 17.8 Å². The van der Waals surface area contributed by atoms with E-state index in [1.54, 1.807) is 36.3 Å². The van der Waals surface area contributed by atoms with Crippen LogP contribution in [0.15, 0.2) is 24.3 Å². The lowest BCUT2D eigenvalue weighted by molar-refractivity contribution is -0.142. The van der Waals surface area contributed by atoms with Gasteiger partial charge in [0.05, 0.1) is 7.11 Å². The minimum atomic E-state index is -1.17. The Labute approximate surface area is 173 Å². The van der Waals surface area contributed by atoms with E-state index < -0.39 is 17.5 Å². The number of carbonyl (C=O) groups excluding carboxylic acids is 3. The summed E-state index contributed by atoms with van der Waals surface area (Å²) in [7, 11) is 1.57. The zero-order valence-corrected chi connectivity index (χ0v) is 18.3. The monoisotopic (exact) mass is 403 g/mol. The summed E-state index contributed by atoms with van der Waals surface area (Å²) in [6.07, 6.45) is 2.00. The van der Waals surface area contributed by atoms with Gasteiger partial charge in [-0.1, -0.05) is 32.9 Å². The van der Waals surface area contributed by atoms with Crippen LogP contribution in [0, 0.1) is 0 Å². The topological polar surface area (TPSA) is 79.0 Å². The standard InChI is InChI=1S/C22H33N3O4/c1-7-15(4)25(16(5)8-2)19(26)14-24-20(27)22(9-3,23-21(24)28)17-10-12-18(29-6)13-11-17/h10-13,15-16H,7-9,14H2,1-6H3,(H,23,28)/t15-,16-,22-/m1/s1. The second-order valence-electron chi connectivity index (χ2n) is 7.62. The van der Waals surface area contributed by atoms with Gasteiger partial charge in [-0.15, -0.1) is 0 Å². The normalized spacial score (nSPS) is 21.0. The van der Waals surface area contributed by atoms with Crippen molar-refractivity contribution in [3.8, 4) is 5.75 Å². The third-order valence-corrected chi connectivity index (χ3v) is 6.00. The summed E-state index contributed by atoms with van der Waals surface area (Å²) in [6.45, 7) is 9.61. The summed E-state index contributed by atoms with van der Waals surface area (Å²) in [4.78, 5) is 41.9. The maximum absolute atomic E-state index is 13.3. The van der Waals surface area contributed by atoms with Crippen LogP contribution < -0.4 is 10.1 Å². The third-order valence-electron chi connectivity index (χ3n) is 6.00. The van der Waals surface area contributed by atoms with Crippen LogP contribution in [0.25, 0.3) is 0 Å². The van der Waals surface area contributed by atoms with Gasteiger partial charge in [-0.3, -0.25) is 14.5 Å². The zero-order chi connectivity index (χ0) is 21.8. The lowest BCUT2D eigenvalue weighted by Crippen LogP contribution is -2.50. The minimum Gasteiger partial charge on any atom is -0.497 e. The molecule has 1 heterocycles. The van der Waals surface area contributed by atoms with Crippen molar-refractivity contribution in [2.45, 2.75) is 71.5 Å². The SMILES string of the molecule is CC[C@@H](C)N(C(=O)CN1C(=O)N[C@](CC)(c2ccc(OC)cc2)C1=O)[C@H](C)CC. The van der Waals surface area contributed by atoms with Crippen molar-refractivity contribution in [1.82, 2.24) is 15.1 Å². The molecule has 2 rings (SSSR count). The van der Waals surface area contributed by atoms with Crippen LogP contribution in [0.4, 0.5) is 4.79 Å². The van der Waals surface area contributed by atoms with Gasteiger partial charge in [-0.05, 0) is 50.8 Å². The number of nitrogens with one attached hydrogen (secondary N) is 1. The maximum Gasteiger partial charge on any atom is 0.325 e. The predicted octanol–water partition coefficient (Wildman–Crippen LogP) is 3.28. The molecule has 0 aliphatic carbocycles. The Morgan fingerprint density at radius 3 is 2.10 bits per heavy atom. The molecule has 7 nitrogen and oxygen atoms in total. The summed E-state index contributed by atoms with van der Waals surface area (Å²) in [5.74, 6) is 0.0668. The molecular formula is C22H33N3O4. The zero-order valence-electron chi connectivity index (χ0n) is 18.3. The first-order valence-electron chi connectivity index (χ1n) is 10.3. The van der Waals surface area contributed by atoms with E-state index in [-0.39, 0.29) is 24.5 Å². The number of benzene rings is 1. The van der Waals surface area contributed by atoms with E-state index in [0.29, 0.717) is 17.7 Å². The van der Waals surface area contributed by atoms with Crippen molar-refractivity contribution in [2.24, 2.45) is 0 Å². The molecule has 1 N–H and O–H groups in total. The molecule has 1 aromatic carbocycles. The highest BCUT2D eigenvalue weighted by atomic mass is 16.5. The molecule has 1 aliphatic rings. The molecule has 0 saturated carbocycles. The van der Waals surface area contributed by atoms with Crippen LogP contribution in [0.2, 0.25) is 0 Å². The van der Waals surface area contributed by atoms with Gasteiger partial charge in [0.15, 0.2) is 0 Å². The summed E-state index contributed by atoms with van der Waals surface area (Å²) in [6, 6.07) is 6.61. The molecule has 0 unspecified atom stereocenters. The number of nitrogens with zero attached hydrogens (tertiary/aromatic N) is 2. The molecule has 0 spiro atoms. The van der Waals surface area contributed by atoms with Crippen molar-refractivity contribution >= 4 is 17.8 Å². The molecule has 7 heteroatoms. The smallest absolute Gasteiger partial charge is 0.325 e. The fraction of sp³-hybridized carbons (Fsp3) is 0.591. The molecule has 29 heavy (non-hydrogen) atoms. The predicted molar refractivity (Wildman–Crippen MR) is 112 cm³/mol. The number of rotatable bonds is 9. The van der Waals surface area contributed by atoms with E-state index in [1.807, 2.05) is 34.6 Å². The van der Waals surface area contributed by atoms with Gasteiger partial charge in [0.25, 0.3) is 5.91 Å². The van der Waals surface area contributed by atoms with Gasteiger partial charge in [0.2, 0.25) is 5.91 Å². The van der Waals surface area contributed by atoms with Crippen LogP contribution >= 0.6 is 0 Å². The van der Waals surface area contributed by atoms with Gasteiger partial charge >= 0.3 is 6.03 Å². The Kier molecular flexibility index (Phi) is 7.27. The Balaban J connectivity index is 2.29. The van der Waals surface area contributed by atoms with Crippen molar-refractivity contribution in [3.05, 3.63) is 29.8 Å². The summed E-state index contributed by atoms with van der Waals surface area (Å²) in [5.41, 5.74) is -0.490. The average Bonchev–Trinajstić information content (AvgIpc) is 2.98. The molecule has 160 valence electrons. The number of hydrogen-bond donors (Lipinski definition) is 1. The molecule has 1 aromatic rings. The highest BCUT2D eigenvalue weighted by molar-refractivity contribution is 6.09. The first-order chi connectivity index (χ1) is 13.7. The molecule has 0 bridgehead atoms. The van der Waals surface area contributed by atoms with Crippen LogP contribution in [0.1, 0.15) is 59.4 Å². The van der Waals surface area contributed by atoms with E-state index >= 15 is 0 Å². The molecule has 4 amide bonds. The van der Waals surface area contributed by atoms with Gasteiger partial charge < -0.3 is 15.0 Å². The first kappa shape index (κ1) is 22.7. The number of methoxy groups -OCH3 is 1. The van der Waals surface area contributed by atoms with Crippen LogP contribution in [0.3, 0.4) is 0 Å². The Morgan fingerprint density at radius 1 is 1.10 bits per heavy atom. The largest absolute Gasteiger partial charge is 0.497 e. The molecule has 1 aliphatic heterocycles. The Hall–Kier alpha value is -2.57. The number of ether oxygens (including phenoxy) is 1. The van der Waals surface area contributed by atoms with Crippen molar-refractivity contribution < 1.29 is 19.1 Å². The van der Waals surface area contributed by atoms with Crippen molar-refractivity contribution in [3.63, 3.8) is 0 Å². The number of amides is 4. The highest BCUT2D eigenvalue weighted by Gasteiger charge is 2.52. The number of hydrogen-bond acceptors (Lipinski definition) is 4. The fourth-order valence-electron chi connectivity index (χ4n) is 3.82. The van der Waals surface area contributed by atoms with E-state index in [1.165, 1.54) is 0 Å². The summed E-state index contributed by atoms with van der Waals surface area (Å²) >= 11 is 0. The maximum atomic E-state index is 13.3. The second kappa shape index (κ2) is 9.29. The van der Waals surface area contributed by atoms with Crippen molar-refractivity contribution in [1.29, 1.82) is 0 Å². The Morgan fingerprint density at radius 2 is 1.66 bits per heavy atom. The van der Waals surface area contributed by atoms with E-state index in [2.05, 4.69) is 5.32 Å². The molecule has 0 radical (unpaired) electrons. The lowest BCUT2D eigenvalue weighted by Gasteiger charge is -2.35. The highest BCUT2D eigenvalue weighted by Crippen LogP contribution is 2.33. The van der Waals surface area contributed by atoms with E-state index in [4.69, 9.17) is 4.74 Å².